The lowest BCUT2D eigenvalue weighted by Crippen LogP contribution is -2.42. The van der Waals surface area contributed by atoms with Crippen molar-refractivity contribution in [3.05, 3.63) is 29.8 Å². The fourth-order valence-corrected chi connectivity index (χ4v) is 3.23. The predicted molar refractivity (Wildman–Crippen MR) is 74.8 cm³/mol. The van der Waals surface area contributed by atoms with Crippen molar-refractivity contribution < 1.29 is 0 Å². The Bertz CT molecular complexity index is 604. The van der Waals surface area contributed by atoms with Crippen LogP contribution in [0.4, 0.5) is 0 Å². The molecule has 6 heteroatoms. The third-order valence-corrected chi connectivity index (χ3v) is 4.28. The van der Waals surface area contributed by atoms with E-state index in [0.717, 1.165) is 24.7 Å². The zero-order valence-electron chi connectivity index (χ0n) is 11.5. The summed E-state index contributed by atoms with van der Waals surface area (Å²) < 4.78 is 0. The third-order valence-electron chi connectivity index (χ3n) is 4.28. The summed E-state index contributed by atoms with van der Waals surface area (Å²) in [5, 5.41) is 15.7. The molecule has 0 radical (unpaired) electrons. The molecule has 3 heterocycles. The van der Waals surface area contributed by atoms with Crippen molar-refractivity contribution in [3.8, 4) is 11.4 Å². The van der Waals surface area contributed by atoms with E-state index < -0.39 is 0 Å². The van der Waals surface area contributed by atoms with E-state index >= 15 is 0 Å². The molecule has 2 aliphatic rings. The minimum absolute atomic E-state index is 0.684. The Balaban J connectivity index is 1.47. The zero-order valence-corrected chi connectivity index (χ0v) is 11.5. The van der Waals surface area contributed by atoms with Crippen LogP contribution in [0.25, 0.3) is 11.4 Å². The second-order valence-electron chi connectivity index (χ2n) is 5.72. The third kappa shape index (κ3) is 2.10. The molecule has 2 aromatic rings. The maximum Gasteiger partial charge on any atom is 0.204 e. The number of hydrogen-bond donors (Lipinski definition) is 1. The predicted octanol–water partition coefficient (Wildman–Crippen LogP) is 0.423. The van der Waals surface area contributed by atoms with Crippen molar-refractivity contribution in [2.75, 3.05) is 13.1 Å². The summed E-state index contributed by atoms with van der Waals surface area (Å²) in [6.45, 7) is 3.36. The van der Waals surface area contributed by atoms with Crippen molar-refractivity contribution >= 4 is 0 Å². The minimum atomic E-state index is 0.684. The molecule has 0 aliphatic carbocycles. The van der Waals surface area contributed by atoms with Gasteiger partial charge in [0.25, 0.3) is 0 Å². The van der Waals surface area contributed by atoms with Crippen LogP contribution in [-0.4, -0.2) is 50.3 Å². The first-order chi connectivity index (χ1) is 9.78. The summed E-state index contributed by atoms with van der Waals surface area (Å²) in [5.41, 5.74) is 2.37. The highest BCUT2D eigenvalue weighted by Gasteiger charge is 2.37. The second kappa shape index (κ2) is 4.64. The highest BCUT2D eigenvalue weighted by atomic mass is 15.6. The molecule has 0 amide bonds. The SMILES string of the molecule is Cn1nnc(-c2ccc(CN3C[C@H]4C[C@@H]3CN4)cc2)n1. The molecule has 0 spiro atoms. The molecule has 0 unspecified atom stereocenters. The van der Waals surface area contributed by atoms with Crippen LogP contribution in [0.2, 0.25) is 0 Å². The lowest BCUT2D eigenvalue weighted by Gasteiger charge is -2.27. The molecule has 1 aromatic carbocycles. The molecule has 2 fully saturated rings. The molecule has 2 saturated heterocycles. The van der Waals surface area contributed by atoms with E-state index in [1.165, 1.54) is 23.3 Å². The second-order valence-corrected chi connectivity index (χ2v) is 5.72. The molecule has 2 aliphatic heterocycles. The molecule has 0 saturated carbocycles. The Morgan fingerprint density at radius 3 is 2.75 bits per heavy atom. The molecule has 104 valence electrons. The Morgan fingerprint density at radius 2 is 2.15 bits per heavy atom. The van der Waals surface area contributed by atoms with Crippen molar-refractivity contribution in [2.45, 2.75) is 25.0 Å². The normalized spacial score (nSPS) is 25.4. The van der Waals surface area contributed by atoms with Gasteiger partial charge in [-0.1, -0.05) is 24.3 Å². The molecule has 1 aromatic heterocycles. The number of piperazine rings is 1. The molecule has 2 bridgehead atoms. The summed E-state index contributed by atoms with van der Waals surface area (Å²) in [5.74, 6) is 0.684. The van der Waals surface area contributed by atoms with Crippen molar-refractivity contribution in [1.82, 2.24) is 30.4 Å². The van der Waals surface area contributed by atoms with Gasteiger partial charge in [0.2, 0.25) is 5.82 Å². The number of hydrogen-bond acceptors (Lipinski definition) is 5. The quantitative estimate of drug-likeness (QED) is 0.876. The fraction of sp³-hybridized carbons (Fsp3) is 0.500. The van der Waals surface area contributed by atoms with Crippen LogP contribution in [-0.2, 0) is 13.6 Å². The number of benzene rings is 1. The van der Waals surface area contributed by atoms with Crippen LogP contribution in [0.15, 0.2) is 24.3 Å². The van der Waals surface area contributed by atoms with E-state index in [2.05, 4.69) is 49.9 Å². The maximum absolute atomic E-state index is 4.22. The highest BCUT2D eigenvalue weighted by molar-refractivity contribution is 5.54. The molecule has 2 atom stereocenters. The standard InChI is InChI=1S/C14H18N6/c1-19-17-14(16-18-19)11-4-2-10(3-5-11)8-20-9-12-6-13(20)7-15-12/h2-5,12-13,15H,6-9H2,1H3/t12-,13-/m1/s1. The Hall–Kier alpha value is -1.79. The van der Waals surface area contributed by atoms with E-state index in [9.17, 15) is 0 Å². The summed E-state index contributed by atoms with van der Waals surface area (Å²) in [4.78, 5) is 4.06. The van der Waals surface area contributed by atoms with Crippen LogP contribution < -0.4 is 5.32 Å². The van der Waals surface area contributed by atoms with Gasteiger partial charge in [0.1, 0.15) is 0 Å². The lowest BCUT2D eigenvalue weighted by molar-refractivity contribution is 0.218. The molecular formula is C14H18N6. The van der Waals surface area contributed by atoms with Crippen molar-refractivity contribution in [2.24, 2.45) is 7.05 Å². The van der Waals surface area contributed by atoms with Gasteiger partial charge < -0.3 is 5.32 Å². The van der Waals surface area contributed by atoms with Crippen molar-refractivity contribution in [1.29, 1.82) is 0 Å². The van der Waals surface area contributed by atoms with Gasteiger partial charge in [0, 0.05) is 37.3 Å². The molecule has 4 rings (SSSR count). The highest BCUT2D eigenvalue weighted by Crippen LogP contribution is 2.25. The summed E-state index contributed by atoms with van der Waals surface area (Å²) >= 11 is 0. The van der Waals surface area contributed by atoms with Crippen LogP contribution in [0, 0.1) is 0 Å². The number of fused-ring (bicyclic) bond motifs is 2. The Morgan fingerprint density at radius 1 is 1.30 bits per heavy atom. The maximum atomic E-state index is 4.22. The van der Waals surface area contributed by atoms with Gasteiger partial charge in [-0.3, -0.25) is 4.90 Å². The van der Waals surface area contributed by atoms with Gasteiger partial charge in [-0.15, -0.1) is 10.2 Å². The number of likely N-dealkylation sites (tertiary alicyclic amines) is 1. The van der Waals surface area contributed by atoms with Crippen LogP contribution >= 0.6 is 0 Å². The zero-order chi connectivity index (χ0) is 13.5. The van der Waals surface area contributed by atoms with E-state index in [0.29, 0.717) is 11.9 Å². The summed E-state index contributed by atoms with van der Waals surface area (Å²) in [6.07, 6.45) is 1.31. The number of tetrazole rings is 1. The van der Waals surface area contributed by atoms with Crippen LogP contribution in [0.5, 0.6) is 0 Å². The van der Waals surface area contributed by atoms with Crippen LogP contribution in [0.1, 0.15) is 12.0 Å². The molecular weight excluding hydrogens is 252 g/mol. The first-order valence-electron chi connectivity index (χ1n) is 7.09. The number of nitrogens with zero attached hydrogens (tertiary/aromatic N) is 5. The first-order valence-corrected chi connectivity index (χ1v) is 7.09. The lowest BCUT2D eigenvalue weighted by atomic mass is 10.1. The average Bonchev–Trinajstić information content (AvgIpc) is 3.16. The van der Waals surface area contributed by atoms with E-state index in [1.807, 2.05) is 0 Å². The van der Waals surface area contributed by atoms with Gasteiger partial charge in [-0.05, 0) is 17.2 Å². The first kappa shape index (κ1) is 12.0. The Kier molecular flexibility index (Phi) is 2.78. The van der Waals surface area contributed by atoms with Gasteiger partial charge in [0.15, 0.2) is 0 Å². The minimum Gasteiger partial charge on any atom is -0.311 e. The summed E-state index contributed by atoms with van der Waals surface area (Å²) in [6, 6.07) is 9.94. The Labute approximate surface area is 117 Å². The van der Waals surface area contributed by atoms with Gasteiger partial charge in [-0.25, -0.2) is 0 Å². The number of aryl methyl sites for hydroxylation is 1. The smallest absolute Gasteiger partial charge is 0.204 e. The summed E-state index contributed by atoms with van der Waals surface area (Å²) in [7, 11) is 1.78. The van der Waals surface area contributed by atoms with E-state index in [4.69, 9.17) is 0 Å². The number of aromatic nitrogens is 4. The average molecular weight is 270 g/mol. The molecule has 20 heavy (non-hydrogen) atoms. The van der Waals surface area contributed by atoms with Gasteiger partial charge in [0.05, 0.1) is 7.05 Å². The van der Waals surface area contributed by atoms with Gasteiger partial charge in [-0.2, -0.15) is 4.80 Å². The van der Waals surface area contributed by atoms with E-state index in [-0.39, 0.29) is 0 Å². The van der Waals surface area contributed by atoms with E-state index in [1.54, 1.807) is 7.05 Å². The topological polar surface area (TPSA) is 58.9 Å². The number of rotatable bonds is 3. The fourth-order valence-electron chi connectivity index (χ4n) is 3.23. The monoisotopic (exact) mass is 270 g/mol. The molecule has 6 nitrogen and oxygen atoms in total. The largest absolute Gasteiger partial charge is 0.311 e. The van der Waals surface area contributed by atoms with Crippen LogP contribution in [0.3, 0.4) is 0 Å². The molecule has 1 N–H and O–H groups in total. The number of nitrogens with one attached hydrogen (secondary N) is 1. The van der Waals surface area contributed by atoms with Crippen molar-refractivity contribution in [3.63, 3.8) is 0 Å². The van der Waals surface area contributed by atoms with Gasteiger partial charge >= 0.3 is 0 Å².